The second-order valence-corrected chi connectivity index (χ2v) is 4.36. The van der Waals surface area contributed by atoms with E-state index in [1.807, 2.05) is 0 Å². The summed E-state index contributed by atoms with van der Waals surface area (Å²) in [6.07, 6.45) is 7.54. The number of carbonyl (C=O) groups is 1. The summed E-state index contributed by atoms with van der Waals surface area (Å²) in [5, 5.41) is 12.7. The van der Waals surface area contributed by atoms with E-state index in [0.29, 0.717) is 5.76 Å². The molecular formula is C14H15NO4. The van der Waals surface area contributed by atoms with Crippen LogP contribution >= 0.6 is 0 Å². The number of furan rings is 2. The van der Waals surface area contributed by atoms with Crippen LogP contribution in [0.25, 0.3) is 6.08 Å². The van der Waals surface area contributed by atoms with Crippen LogP contribution in [0.5, 0.6) is 0 Å². The van der Waals surface area contributed by atoms with Crippen LogP contribution in [0.1, 0.15) is 18.2 Å². The molecule has 1 amide bonds. The molecule has 0 saturated carbocycles. The van der Waals surface area contributed by atoms with Gasteiger partial charge in [-0.2, -0.15) is 0 Å². The van der Waals surface area contributed by atoms with Gasteiger partial charge >= 0.3 is 0 Å². The lowest BCUT2D eigenvalue weighted by Gasteiger charge is -2.20. The van der Waals surface area contributed by atoms with Gasteiger partial charge in [-0.15, -0.1) is 0 Å². The van der Waals surface area contributed by atoms with Gasteiger partial charge in [0.1, 0.15) is 11.4 Å². The van der Waals surface area contributed by atoms with Gasteiger partial charge in [0.15, 0.2) is 0 Å². The van der Waals surface area contributed by atoms with Crippen molar-refractivity contribution in [1.29, 1.82) is 0 Å². The largest absolute Gasteiger partial charge is 0.472 e. The Hall–Kier alpha value is -2.27. The van der Waals surface area contributed by atoms with E-state index in [-0.39, 0.29) is 12.5 Å². The zero-order valence-electron chi connectivity index (χ0n) is 10.5. The first-order chi connectivity index (χ1) is 9.08. The lowest BCUT2D eigenvalue weighted by Crippen LogP contribution is -2.37. The Labute approximate surface area is 110 Å². The molecule has 0 radical (unpaired) electrons. The van der Waals surface area contributed by atoms with Gasteiger partial charge in [-0.1, -0.05) is 0 Å². The van der Waals surface area contributed by atoms with Crippen molar-refractivity contribution < 1.29 is 18.7 Å². The van der Waals surface area contributed by atoms with E-state index in [1.165, 1.54) is 24.9 Å². The molecule has 5 heteroatoms. The van der Waals surface area contributed by atoms with E-state index >= 15 is 0 Å². The Bertz CT molecular complexity index is 538. The molecule has 0 aromatic carbocycles. The van der Waals surface area contributed by atoms with Gasteiger partial charge in [0.05, 0.1) is 25.3 Å². The molecule has 0 aliphatic rings. The Morgan fingerprint density at radius 1 is 1.47 bits per heavy atom. The van der Waals surface area contributed by atoms with Gasteiger partial charge in [0.2, 0.25) is 5.91 Å². The van der Waals surface area contributed by atoms with Crippen molar-refractivity contribution in [3.8, 4) is 0 Å². The van der Waals surface area contributed by atoms with Crippen LogP contribution in [0.2, 0.25) is 0 Å². The highest BCUT2D eigenvalue weighted by Gasteiger charge is 2.26. The first kappa shape index (κ1) is 13.2. The number of hydrogen-bond acceptors (Lipinski definition) is 4. The van der Waals surface area contributed by atoms with Gasteiger partial charge in [0, 0.05) is 11.6 Å². The minimum atomic E-state index is -1.23. The highest BCUT2D eigenvalue weighted by atomic mass is 16.4. The van der Waals surface area contributed by atoms with Crippen molar-refractivity contribution in [1.82, 2.24) is 5.32 Å². The van der Waals surface area contributed by atoms with Gasteiger partial charge in [0.25, 0.3) is 0 Å². The van der Waals surface area contributed by atoms with Gasteiger partial charge in [-0.3, -0.25) is 4.79 Å². The van der Waals surface area contributed by atoms with E-state index < -0.39 is 5.60 Å². The number of hydrogen-bond donors (Lipinski definition) is 2. The molecule has 0 fully saturated rings. The first-order valence-corrected chi connectivity index (χ1v) is 5.82. The van der Waals surface area contributed by atoms with Crippen molar-refractivity contribution in [3.05, 3.63) is 54.4 Å². The third-order valence-electron chi connectivity index (χ3n) is 2.63. The fraction of sp³-hybridized carbons (Fsp3) is 0.214. The quantitative estimate of drug-likeness (QED) is 0.806. The second-order valence-electron chi connectivity index (χ2n) is 4.36. The second kappa shape index (κ2) is 5.58. The van der Waals surface area contributed by atoms with Crippen LogP contribution in [0, 0.1) is 0 Å². The third-order valence-corrected chi connectivity index (χ3v) is 2.63. The average Bonchev–Trinajstić information content (AvgIpc) is 3.06. The summed E-state index contributed by atoms with van der Waals surface area (Å²) in [5.74, 6) is 0.111. The molecule has 100 valence electrons. The molecule has 5 nitrogen and oxygen atoms in total. The Kier molecular flexibility index (Phi) is 3.87. The summed E-state index contributed by atoms with van der Waals surface area (Å²) in [4.78, 5) is 11.6. The van der Waals surface area contributed by atoms with E-state index in [4.69, 9.17) is 8.83 Å². The summed E-state index contributed by atoms with van der Waals surface area (Å²) in [6.45, 7) is 1.64. The average molecular weight is 261 g/mol. The lowest BCUT2D eigenvalue weighted by molar-refractivity contribution is -0.117. The van der Waals surface area contributed by atoms with Crippen LogP contribution in [0.3, 0.4) is 0 Å². The molecule has 0 spiro atoms. The summed E-state index contributed by atoms with van der Waals surface area (Å²) in [7, 11) is 0. The molecular weight excluding hydrogens is 246 g/mol. The fourth-order valence-corrected chi connectivity index (χ4v) is 1.53. The van der Waals surface area contributed by atoms with Crippen molar-refractivity contribution >= 4 is 12.0 Å². The van der Waals surface area contributed by atoms with Crippen molar-refractivity contribution in [2.45, 2.75) is 12.5 Å². The first-order valence-electron chi connectivity index (χ1n) is 5.82. The highest BCUT2D eigenvalue weighted by molar-refractivity contribution is 5.91. The van der Waals surface area contributed by atoms with Crippen LogP contribution in [0.4, 0.5) is 0 Å². The summed E-state index contributed by atoms with van der Waals surface area (Å²) in [5.41, 5.74) is -0.434. The van der Waals surface area contributed by atoms with Crippen molar-refractivity contribution in [2.75, 3.05) is 6.54 Å². The summed E-state index contributed by atoms with van der Waals surface area (Å²) in [6, 6.07) is 5.08. The maximum Gasteiger partial charge on any atom is 0.244 e. The van der Waals surface area contributed by atoms with Crippen molar-refractivity contribution in [3.63, 3.8) is 0 Å². The molecule has 2 aromatic rings. The molecule has 2 rings (SSSR count). The molecule has 0 aliphatic heterocycles. The molecule has 2 heterocycles. The smallest absolute Gasteiger partial charge is 0.244 e. The molecule has 19 heavy (non-hydrogen) atoms. The van der Waals surface area contributed by atoms with E-state index in [9.17, 15) is 9.90 Å². The standard InChI is InChI=1S/C14H15NO4/c1-14(17,12-3-2-7-19-12)10-15-13(16)5-4-11-6-8-18-9-11/h2-9,17H,10H2,1H3,(H,15,16)/b5-4+. The maximum absolute atomic E-state index is 11.6. The van der Waals surface area contributed by atoms with Gasteiger partial charge in [-0.05, 0) is 31.2 Å². The van der Waals surface area contributed by atoms with Crippen molar-refractivity contribution in [2.24, 2.45) is 0 Å². The lowest BCUT2D eigenvalue weighted by atomic mass is 10.0. The molecule has 0 saturated heterocycles. The highest BCUT2D eigenvalue weighted by Crippen LogP contribution is 2.19. The summed E-state index contributed by atoms with van der Waals surface area (Å²) >= 11 is 0. The Balaban J connectivity index is 1.87. The Morgan fingerprint density at radius 3 is 2.95 bits per heavy atom. The monoisotopic (exact) mass is 261 g/mol. The van der Waals surface area contributed by atoms with Crippen LogP contribution in [-0.2, 0) is 10.4 Å². The SMILES string of the molecule is CC(O)(CNC(=O)/C=C/c1ccoc1)c1ccco1. The number of nitrogens with one attached hydrogen (secondary N) is 1. The maximum atomic E-state index is 11.6. The minimum Gasteiger partial charge on any atom is -0.472 e. The number of amides is 1. The predicted octanol–water partition coefficient (Wildman–Crippen LogP) is 1.91. The Morgan fingerprint density at radius 2 is 2.32 bits per heavy atom. The molecule has 0 bridgehead atoms. The van der Waals surface area contributed by atoms with Crippen LogP contribution in [-0.4, -0.2) is 17.6 Å². The van der Waals surface area contributed by atoms with Gasteiger partial charge in [-0.25, -0.2) is 0 Å². The molecule has 2 N–H and O–H groups in total. The normalized spacial score (nSPS) is 14.4. The van der Waals surface area contributed by atoms with E-state index in [1.54, 1.807) is 31.2 Å². The van der Waals surface area contributed by atoms with Crippen LogP contribution in [0.15, 0.2) is 51.9 Å². The topological polar surface area (TPSA) is 75.6 Å². The molecule has 1 atom stereocenters. The van der Waals surface area contributed by atoms with E-state index in [0.717, 1.165) is 5.56 Å². The number of carbonyl (C=O) groups excluding carboxylic acids is 1. The zero-order valence-corrected chi connectivity index (χ0v) is 10.5. The van der Waals surface area contributed by atoms with Crippen LogP contribution < -0.4 is 5.32 Å². The fourth-order valence-electron chi connectivity index (χ4n) is 1.53. The molecule has 2 aromatic heterocycles. The minimum absolute atomic E-state index is 0.0646. The zero-order chi connectivity index (χ0) is 13.7. The predicted molar refractivity (Wildman–Crippen MR) is 69.0 cm³/mol. The number of aliphatic hydroxyl groups is 1. The van der Waals surface area contributed by atoms with E-state index in [2.05, 4.69) is 5.32 Å². The molecule has 0 aliphatic carbocycles. The number of rotatable bonds is 5. The third kappa shape index (κ3) is 3.59. The summed E-state index contributed by atoms with van der Waals surface area (Å²) < 4.78 is 9.99. The van der Waals surface area contributed by atoms with Gasteiger partial charge < -0.3 is 19.3 Å². The molecule has 1 unspecified atom stereocenters.